The van der Waals surface area contributed by atoms with E-state index < -0.39 is 41.1 Å². The summed E-state index contributed by atoms with van der Waals surface area (Å²) in [6.07, 6.45) is 5.25. The number of hydrogen-bond acceptors (Lipinski definition) is 6. The average Bonchev–Trinajstić information content (AvgIpc) is 3.43. The molecule has 1 aromatic rings. The molecule has 8 nitrogen and oxygen atoms in total. The molecule has 40 heavy (non-hydrogen) atoms. The Morgan fingerprint density at radius 2 is 1.95 bits per heavy atom. The summed E-state index contributed by atoms with van der Waals surface area (Å²) in [6.45, 7) is 15.8. The van der Waals surface area contributed by atoms with E-state index in [-0.39, 0.29) is 43.4 Å². The molecule has 1 spiro atoms. The molecule has 1 N–H and O–H groups in total. The SMILES string of the molecule is C=CCCCOC(=O)[C@H]1[C@H]2C(=O)N([C@@H](CO)C(C)C)C(C(=O)N(CC=C)Cc3ccccc3)C23CC(C)[C@]1(C)O3. The van der Waals surface area contributed by atoms with Crippen LogP contribution in [0.15, 0.2) is 55.6 Å². The largest absolute Gasteiger partial charge is 0.465 e. The maximum Gasteiger partial charge on any atom is 0.312 e. The first-order valence-electron chi connectivity index (χ1n) is 14.4. The predicted octanol–water partition coefficient (Wildman–Crippen LogP) is 3.74. The van der Waals surface area contributed by atoms with E-state index in [0.717, 1.165) is 5.56 Å². The Hall–Kier alpha value is -2.97. The second-order valence-corrected chi connectivity index (χ2v) is 12.0. The average molecular weight is 553 g/mol. The van der Waals surface area contributed by atoms with Gasteiger partial charge in [-0.1, -0.05) is 63.3 Å². The van der Waals surface area contributed by atoms with Gasteiger partial charge in [0.05, 0.1) is 30.8 Å². The molecule has 2 bridgehead atoms. The zero-order valence-corrected chi connectivity index (χ0v) is 24.3. The summed E-state index contributed by atoms with van der Waals surface area (Å²) in [5.41, 5.74) is -1.20. The standard InChI is InChI=1S/C32H44N2O6/c1-7-9-13-17-39-30(38)26-25-28(36)34(24(20-35)21(3)4)27(32(25)18-22(5)31(26,6)40-32)29(37)33(16-8-2)19-23-14-11-10-12-15-23/h7-8,10-12,14-15,21-22,24-27,35H,1-2,9,13,16-20H2,3-6H3/t22?,24-,25-,26+,27?,31-,32?/m0/s1. The number of ether oxygens (including phenoxy) is 2. The van der Waals surface area contributed by atoms with Crippen LogP contribution in [-0.4, -0.2) is 75.7 Å². The molecular formula is C32H44N2O6. The van der Waals surface area contributed by atoms with Crippen LogP contribution in [0.25, 0.3) is 0 Å². The molecule has 2 amide bonds. The summed E-state index contributed by atoms with van der Waals surface area (Å²) in [4.78, 5) is 45.8. The van der Waals surface area contributed by atoms with Crippen LogP contribution >= 0.6 is 0 Å². The Labute approximate surface area is 238 Å². The Morgan fingerprint density at radius 3 is 2.55 bits per heavy atom. The summed E-state index contributed by atoms with van der Waals surface area (Å²) in [5.74, 6) is -3.00. The van der Waals surface area contributed by atoms with Gasteiger partial charge in [-0.2, -0.15) is 0 Å². The lowest BCUT2D eigenvalue weighted by molar-refractivity contribution is -0.164. The maximum atomic E-state index is 14.6. The minimum absolute atomic E-state index is 0.0915. The molecule has 0 aromatic heterocycles. The topological polar surface area (TPSA) is 96.4 Å². The normalized spacial score (nSPS) is 31.2. The third-order valence-corrected chi connectivity index (χ3v) is 9.23. The molecule has 3 fully saturated rings. The van der Waals surface area contributed by atoms with Gasteiger partial charge in [-0.05, 0) is 43.6 Å². The Balaban J connectivity index is 1.78. The number of likely N-dealkylation sites (tertiary alicyclic amines) is 1. The Bertz CT molecular complexity index is 1120. The third kappa shape index (κ3) is 4.90. The number of esters is 1. The fourth-order valence-electron chi connectivity index (χ4n) is 7.15. The molecule has 3 aliphatic heterocycles. The molecule has 3 saturated heterocycles. The molecule has 3 heterocycles. The van der Waals surface area contributed by atoms with Crippen molar-refractivity contribution in [2.24, 2.45) is 23.7 Å². The van der Waals surface area contributed by atoms with Crippen LogP contribution in [0, 0.1) is 23.7 Å². The number of unbranched alkanes of at least 4 members (excludes halogenated alkanes) is 1. The molecule has 0 radical (unpaired) electrons. The number of carbonyl (C=O) groups is 3. The number of nitrogens with zero attached hydrogens (tertiary/aromatic N) is 2. The molecule has 0 saturated carbocycles. The summed E-state index contributed by atoms with van der Waals surface area (Å²) in [5, 5.41) is 10.5. The van der Waals surface area contributed by atoms with E-state index in [1.807, 2.05) is 58.0 Å². The minimum atomic E-state index is -1.20. The van der Waals surface area contributed by atoms with E-state index >= 15 is 0 Å². The van der Waals surface area contributed by atoms with Gasteiger partial charge in [-0.15, -0.1) is 13.2 Å². The van der Waals surface area contributed by atoms with Crippen molar-refractivity contribution < 1.29 is 29.0 Å². The first kappa shape index (κ1) is 30.0. The van der Waals surface area contributed by atoms with Crippen LogP contribution < -0.4 is 0 Å². The number of aliphatic hydroxyl groups is 1. The van der Waals surface area contributed by atoms with Crippen LogP contribution in [0.5, 0.6) is 0 Å². The molecule has 3 unspecified atom stereocenters. The highest BCUT2D eigenvalue weighted by atomic mass is 16.6. The van der Waals surface area contributed by atoms with E-state index in [9.17, 15) is 19.5 Å². The zero-order valence-electron chi connectivity index (χ0n) is 24.3. The van der Waals surface area contributed by atoms with E-state index in [1.54, 1.807) is 17.1 Å². The molecule has 7 atom stereocenters. The van der Waals surface area contributed by atoms with Crippen LogP contribution in [0.3, 0.4) is 0 Å². The van der Waals surface area contributed by atoms with Crippen LogP contribution in [0.2, 0.25) is 0 Å². The van der Waals surface area contributed by atoms with Crippen molar-refractivity contribution in [2.75, 3.05) is 19.8 Å². The minimum Gasteiger partial charge on any atom is -0.465 e. The van der Waals surface area contributed by atoms with Crippen molar-refractivity contribution >= 4 is 17.8 Å². The quantitative estimate of drug-likeness (QED) is 0.228. The summed E-state index contributed by atoms with van der Waals surface area (Å²) < 4.78 is 12.5. The summed E-state index contributed by atoms with van der Waals surface area (Å²) in [7, 11) is 0. The maximum absolute atomic E-state index is 14.6. The molecule has 218 valence electrons. The first-order chi connectivity index (χ1) is 19.1. The van der Waals surface area contributed by atoms with Gasteiger partial charge in [-0.3, -0.25) is 14.4 Å². The monoisotopic (exact) mass is 552 g/mol. The molecule has 8 heteroatoms. The Kier molecular flexibility index (Phi) is 8.90. The lowest BCUT2D eigenvalue weighted by Crippen LogP contribution is -2.59. The number of rotatable bonds is 13. The lowest BCUT2D eigenvalue weighted by Gasteiger charge is -2.40. The second-order valence-electron chi connectivity index (χ2n) is 12.0. The number of hydrogen-bond donors (Lipinski definition) is 1. The Morgan fingerprint density at radius 1 is 1.25 bits per heavy atom. The first-order valence-corrected chi connectivity index (χ1v) is 14.4. The van der Waals surface area contributed by atoms with Gasteiger partial charge in [-0.25, -0.2) is 0 Å². The number of benzene rings is 1. The number of carbonyl (C=O) groups excluding carboxylic acids is 3. The molecule has 0 aliphatic carbocycles. The van der Waals surface area contributed by atoms with Crippen LogP contribution in [0.1, 0.15) is 52.5 Å². The van der Waals surface area contributed by atoms with Gasteiger partial charge in [0.2, 0.25) is 11.8 Å². The predicted molar refractivity (Wildman–Crippen MR) is 152 cm³/mol. The smallest absolute Gasteiger partial charge is 0.312 e. The lowest BCUT2D eigenvalue weighted by atomic mass is 9.62. The van der Waals surface area contributed by atoms with Gasteiger partial charge in [0.1, 0.15) is 17.6 Å². The van der Waals surface area contributed by atoms with E-state index in [4.69, 9.17) is 9.47 Å². The molecular weight excluding hydrogens is 508 g/mol. The van der Waals surface area contributed by atoms with Gasteiger partial charge >= 0.3 is 5.97 Å². The van der Waals surface area contributed by atoms with Crippen molar-refractivity contribution in [3.05, 3.63) is 61.2 Å². The third-order valence-electron chi connectivity index (χ3n) is 9.23. The highest BCUT2D eigenvalue weighted by molar-refractivity contribution is 5.98. The number of amides is 2. The molecule has 4 rings (SSSR count). The molecule has 3 aliphatic rings. The summed E-state index contributed by atoms with van der Waals surface area (Å²) in [6, 6.07) is 8.05. The summed E-state index contributed by atoms with van der Waals surface area (Å²) >= 11 is 0. The fraction of sp³-hybridized carbons (Fsp3) is 0.594. The number of aliphatic hydroxyl groups excluding tert-OH is 1. The van der Waals surface area contributed by atoms with Crippen molar-refractivity contribution in [2.45, 2.75) is 76.8 Å². The van der Waals surface area contributed by atoms with Gasteiger partial charge in [0.25, 0.3) is 0 Å². The van der Waals surface area contributed by atoms with Crippen LogP contribution in [-0.2, 0) is 30.4 Å². The fourth-order valence-corrected chi connectivity index (χ4v) is 7.15. The van der Waals surface area contributed by atoms with E-state index in [1.165, 1.54) is 4.90 Å². The highest BCUT2D eigenvalue weighted by Crippen LogP contribution is 2.65. The van der Waals surface area contributed by atoms with Crippen molar-refractivity contribution in [1.82, 2.24) is 9.80 Å². The zero-order chi connectivity index (χ0) is 29.2. The van der Waals surface area contributed by atoms with Crippen molar-refractivity contribution in [1.29, 1.82) is 0 Å². The van der Waals surface area contributed by atoms with E-state index in [2.05, 4.69) is 13.2 Å². The van der Waals surface area contributed by atoms with Crippen molar-refractivity contribution in [3.8, 4) is 0 Å². The van der Waals surface area contributed by atoms with Gasteiger partial charge < -0.3 is 24.4 Å². The number of allylic oxidation sites excluding steroid dienone is 1. The van der Waals surface area contributed by atoms with Gasteiger partial charge in [0, 0.05) is 13.1 Å². The van der Waals surface area contributed by atoms with Gasteiger partial charge in [0.15, 0.2) is 0 Å². The second kappa shape index (κ2) is 11.9. The van der Waals surface area contributed by atoms with E-state index in [0.29, 0.717) is 25.8 Å². The van der Waals surface area contributed by atoms with Crippen LogP contribution in [0.4, 0.5) is 0 Å². The molecule has 1 aromatic carbocycles. The highest BCUT2D eigenvalue weighted by Gasteiger charge is 2.80. The number of fused-ring (bicyclic) bond motifs is 1. The van der Waals surface area contributed by atoms with Crippen molar-refractivity contribution in [3.63, 3.8) is 0 Å².